The summed E-state index contributed by atoms with van der Waals surface area (Å²) in [6, 6.07) is -21.5. The van der Waals surface area contributed by atoms with Crippen molar-refractivity contribution in [2.75, 3.05) is 0 Å². The molecule has 0 fully saturated rings. The molecule has 0 radical (unpaired) electrons. The second-order valence-electron chi connectivity index (χ2n) is 8.90. The van der Waals surface area contributed by atoms with E-state index in [0.717, 1.165) is 12.1 Å². The van der Waals surface area contributed by atoms with Crippen LogP contribution in [0.1, 0.15) is 35.6 Å². The van der Waals surface area contributed by atoms with E-state index < -0.39 is 229 Å². The predicted molar refractivity (Wildman–Crippen MR) is 181 cm³/mol. The highest BCUT2D eigenvalue weighted by Crippen LogP contribution is 2.46. The monoisotopic (exact) mass is 558 g/mol. The molecule has 0 heteroatoms. The Morgan fingerprint density at radius 3 is 1.60 bits per heavy atom. The largest absolute Gasteiger partial charge is 0.0636 e. The highest BCUT2D eigenvalue weighted by atomic mass is 14.2. The summed E-state index contributed by atoms with van der Waals surface area (Å²) < 4.78 is 231. The Labute approximate surface area is 282 Å². The first-order valence-corrected chi connectivity index (χ1v) is 12.4. The molecule has 0 aromatic heterocycles. The van der Waals surface area contributed by atoms with Crippen molar-refractivity contribution < 1.29 is 35.6 Å². The lowest BCUT2D eigenvalue weighted by Gasteiger charge is -2.20. The van der Waals surface area contributed by atoms with Gasteiger partial charge in [-0.1, -0.05) is 163 Å². The van der Waals surface area contributed by atoms with E-state index in [1.165, 1.54) is 0 Å². The summed E-state index contributed by atoms with van der Waals surface area (Å²) in [5.74, 6) is 0. The number of hydrogen-bond acceptors (Lipinski definition) is 0. The molecular formula is C42H28. The fraction of sp³-hybridized carbons (Fsp3) is 0. The lowest BCUT2D eigenvalue weighted by molar-refractivity contribution is 1.58. The first-order valence-electron chi connectivity index (χ1n) is 25.4. The van der Waals surface area contributed by atoms with Gasteiger partial charge < -0.3 is 0 Å². The fourth-order valence-electron chi connectivity index (χ4n) is 4.92. The van der Waals surface area contributed by atoms with E-state index >= 15 is 0 Å². The third kappa shape index (κ3) is 4.00. The number of rotatable bonds is 4. The zero-order valence-electron chi connectivity index (χ0n) is 47.2. The quantitative estimate of drug-likeness (QED) is 0.188. The topological polar surface area (TPSA) is 0 Å². The van der Waals surface area contributed by atoms with E-state index in [9.17, 15) is 9.60 Å². The normalized spacial score (nSPS) is 20.0. The predicted octanol–water partition coefficient (Wildman–Crippen LogP) is 11.8. The van der Waals surface area contributed by atoms with Crippen molar-refractivity contribution in [2.45, 2.75) is 0 Å². The minimum Gasteiger partial charge on any atom is -0.0622 e. The van der Waals surface area contributed by atoms with Gasteiger partial charge in [-0.25, -0.2) is 0 Å². The molecule has 0 aliphatic rings. The Morgan fingerprint density at radius 1 is 0.310 bits per heavy atom. The van der Waals surface area contributed by atoms with E-state index in [-0.39, 0.29) is 5.39 Å². The van der Waals surface area contributed by atoms with Crippen LogP contribution >= 0.6 is 0 Å². The molecule has 0 unspecified atom stereocenters. The summed E-state index contributed by atoms with van der Waals surface area (Å²) in [6.45, 7) is 0. The summed E-state index contributed by atoms with van der Waals surface area (Å²) in [4.78, 5) is 0. The van der Waals surface area contributed by atoms with Gasteiger partial charge >= 0.3 is 0 Å². The second kappa shape index (κ2) is 10.2. The first-order chi connectivity index (χ1) is 31.6. The van der Waals surface area contributed by atoms with Crippen LogP contribution in [0.25, 0.3) is 76.8 Å². The maximum absolute atomic E-state index is 9.98. The van der Waals surface area contributed by atoms with Gasteiger partial charge in [-0.3, -0.25) is 0 Å². The Kier molecular flexibility index (Phi) is 2.31. The van der Waals surface area contributed by atoms with E-state index in [4.69, 9.17) is 26.0 Å². The first kappa shape index (κ1) is 9.54. The SMILES string of the molecule is [2H]c1cc2c(-c3c4c([2H])c([2H])c([2H])cc4c(-c4c([2H])c([2H])c(-c5c([2H])c([2H])c([2H])c([2H])c5[2H])c(-c5c([2H])c([2H])c([2H])c([2H])c5[2H])c4[2H])c4c([2H])c([2H])c([2H])c([2H])c34)c([2H])c([2H])c([2H])c2c([2H])c1[2H]. The van der Waals surface area contributed by atoms with Gasteiger partial charge in [0, 0.05) is 0 Å². The number of hydrogen-bond donors (Lipinski definition) is 0. The molecule has 0 amide bonds. The van der Waals surface area contributed by atoms with Crippen molar-refractivity contribution >= 4 is 32.3 Å². The smallest absolute Gasteiger partial charge is 0.0622 e. The molecule has 0 atom stereocenters. The summed E-state index contributed by atoms with van der Waals surface area (Å²) in [5, 5.41) is -3.06. The van der Waals surface area contributed by atoms with Crippen LogP contribution in [-0.4, -0.2) is 0 Å². The molecule has 0 saturated heterocycles. The van der Waals surface area contributed by atoms with Gasteiger partial charge in [-0.05, 0) is 82.9 Å². The lowest BCUT2D eigenvalue weighted by atomic mass is 9.83. The molecule has 8 aromatic carbocycles. The molecule has 0 aliphatic carbocycles. The Bertz CT molecular complexity index is 3620. The Hall–Kier alpha value is -5.46. The molecule has 8 aromatic rings. The van der Waals surface area contributed by atoms with Crippen LogP contribution in [-0.2, 0) is 0 Å². The van der Waals surface area contributed by atoms with E-state index in [1.807, 2.05) is 0 Å². The van der Waals surface area contributed by atoms with Crippen molar-refractivity contribution in [2.24, 2.45) is 0 Å². The summed E-state index contributed by atoms with van der Waals surface area (Å²) in [5.41, 5.74) is -5.85. The molecule has 0 bridgehead atoms. The zero-order chi connectivity index (χ0) is 50.5. The third-order valence-corrected chi connectivity index (χ3v) is 6.65. The van der Waals surface area contributed by atoms with Gasteiger partial charge in [0.15, 0.2) is 0 Å². The number of benzene rings is 8. The highest BCUT2D eigenvalue weighted by molar-refractivity contribution is 6.23. The van der Waals surface area contributed by atoms with Crippen molar-refractivity contribution in [1.29, 1.82) is 0 Å². The summed E-state index contributed by atoms with van der Waals surface area (Å²) in [7, 11) is 0. The van der Waals surface area contributed by atoms with Gasteiger partial charge in [0.05, 0.1) is 35.6 Å². The van der Waals surface area contributed by atoms with Crippen LogP contribution in [0.4, 0.5) is 0 Å². The standard InChI is InChI=1S/C42H28/c1-3-14-29(15-4-1)34-27-26-32(28-40(34)31-16-5-2-6-17-31)41-36-21-9-11-23-38(36)42(39-24-12-10-22-37(39)41)35-25-13-19-30-18-7-8-20-33(30)35/h1-28H/i1D,2D,3D,4D,5D,6D,7D,8D,9D,10D,11D,12D,13D,14D,15D,16D,17D,18D,19D,21D,23D,24D,25D,26D,27D,28D. The van der Waals surface area contributed by atoms with Crippen LogP contribution in [0.15, 0.2) is 169 Å². The van der Waals surface area contributed by atoms with Crippen molar-refractivity contribution in [1.82, 2.24) is 0 Å². The molecule has 0 heterocycles. The third-order valence-electron chi connectivity index (χ3n) is 6.65. The molecule has 0 aliphatic heterocycles. The van der Waals surface area contributed by atoms with E-state index in [2.05, 4.69) is 0 Å². The molecular weight excluding hydrogens is 504 g/mol. The molecule has 42 heavy (non-hydrogen) atoms. The minimum absolute atomic E-state index is 0.326. The van der Waals surface area contributed by atoms with Gasteiger partial charge in [-0.2, -0.15) is 0 Å². The van der Waals surface area contributed by atoms with Gasteiger partial charge in [0.1, 0.15) is 0 Å². The second-order valence-corrected chi connectivity index (χ2v) is 8.90. The van der Waals surface area contributed by atoms with Crippen LogP contribution < -0.4 is 0 Å². The average Bonchev–Trinajstić information content (AvgIpc) is 3.30. The Morgan fingerprint density at radius 2 is 0.857 bits per heavy atom. The van der Waals surface area contributed by atoms with Crippen LogP contribution in [0.3, 0.4) is 0 Å². The minimum atomic E-state index is -1.08. The summed E-state index contributed by atoms with van der Waals surface area (Å²) >= 11 is 0. The molecule has 8 rings (SSSR count). The van der Waals surface area contributed by atoms with E-state index in [0.29, 0.717) is 0 Å². The number of fused-ring (bicyclic) bond motifs is 3. The Balaban J connectivity index is 1.76. The van der Waals surface area contributed by atoms with Crippen LogP contribution in [0.5, 0.6) is 0 Å². The fourth-order valence-corrected chi connectivity index (χ4v) is 4.92. The van der Waals surface area contributed by atoms with Crippen LogP contribution in [0, 0.1) is 0 Å². The van der Waals surface area contributed by atoms with Crippen molar-refractivity contribution in [3.63, 3.8) is 0 Å². The van der Waals surface area contributed by atoms with Gasteiger partial charge in [0.2, 0.25) is 0 Å². The molecule has 0 N–H and O–H groups in total. The molecule has 0 saturated carbocycles. The molecule has 0 spiro atoms. The summed E-state index contributed by atoms with van der Waals surface area (Å²) in [6.07, 6.45) is 0. The maximum Gasteiger partial charge on any atom is 0.0636 e. The lowest BCUT2D eigenvalue weighted by Crippen LogP contribution is -1.93. The van der Waals surface area contributed by atoms with E-state index in [1.54, 1.807) is 0 Å². The highest BCUT2D eigenvalue weighted by Gasteiger charge is 2.19. The maximum atomic E-state index is 9.98. The van der Waals surface area contributed by atoms with Crippen molar-refractivity contribution in [3.8, 4) is 44.5 Å². The van der Waals surface area contributed by atoms with Crippen LogP contribution in [0.2, 0.25) is 0 Å². The van der Waals surface area contributed by atoms with Gasteiger partial charge in [-0.15, -0.1) is 0 Å². The molecule has 196 valence electrons. The zero-order valence-corrected chi connectivity index (χ0v) is 21.2. The van der Waals surface area contributed by atoms with Gasteiger partial charge in [0.25, 0.3) is 0 Å². The average molecular weight is 559 g/mol. The van der Waals surface area contributed by atoms with Crippen molar-refractivity contribution in [3.05, 3.63) is 169 Å². The molecule has 0 nitrogen and oxygen atoms in total.